The molecule has 0 radical (unpaired) electrons. The van der Waals surface area contributed by atoms with Gasteiger partial charge in [-0.1, -0.05) is 26.2 Å². The summed E-state index contributed by atoms with van der Waals surface area (Å²) in [7, 11) is 0. The highest BCUT2D eigenvalue weighted by Gasteiger charge is 2.26. The summed E-state index contributed by atoms with van der Waals surface area (Å²) in [5.74, 6) is 1.42. The molecule has 1 aliphatic carbocycles. The lowest BCUT2D eigenvalue weighted by atomic mass is 9.97. The maximum Gasteiger partial charge on any atom is 0.0580 e. The number of likely N-dealkylation sites (tertiary alicyclic amines) is 1. The molecule has 0 aromatic rings. The standard InChI is InChI=1S/C13H25NO/c1-11-7-8-14(9-11)10-12-5-3-2-4-6-13(12)15/h11-13,15H,2-10H2,1H3. The van der Waals surface area contributed by atoms with Crippen LogP contribution in [0.5, 0.6) is 0 Å². The Morgan fingerprint density at radius 1 is 1.13 bits per heavy atom. The summed E-state index contributed by atoms with van der Waals surface area (Å²) in [5.41, 5.74) is 0. The largest absolute Gasteiger partial charge is 0.393 e. The summed E-state index contributed by atoms with van der Waals surface area (Å²) in [4.78, 5) is 2.56. The quantitative estimate of drug-likeness (QED) is 0.708. The smallest absolute Gasteiger partial charge is 0.0580 e. The van der Waals surface area contributed by atoms with Crippen molar-refractivity contribution in [2.75, 3.05) is 19.6 Å². The van der Waals surface area contributed by atoms with E-state index in [1.54, 1.807) is 0 Å². The van der Waals surface area contributed by atoms with Gasteiger partial charge in [-0.05, 0) is 37.6 Å². The Morgan fingerprint density at radius 2 is 1.93 bits per heavy atom. The average Bonchev–Trinajstić information content (AvgIpc) is 2.50. The Hall–Kier alpha value is -0.0800. The van der Waals surface area contributed by atoms with E-state index in [4.69, 9.17) is 0 Å². The predicted octanol–water partition coefficient (Wildman–Crippen LogP) is 2.27. The molecule has 88 valence electrons. The molecule has 2 heteroatoms. The van der Waals surface area contributed by atoms with Crippen molar-refractivity contribution in [1.82, 2.24) is 4.90 Å². The summed E-state index contributed by atoms with van der Waals surface area (Å²) < 4.78 is 0. The molecule has 3 unspecified atom stereocenters. The van der Waals surface area contributed by atoms with Crippen LogP contribution < -0.4 is 0 Å². The van der Waals surface area contributed by atoms with E-state index in [2.05, 4.69) is 11.8 Å². The fourth-order valence-corrected chi connectivity index (χ4v) is 3.10. The molecule has 1 saturated heterocycles. The molecule has 2 nitrogen and oxygen atoms in total. The van der Waals surface area contributed by atoms with E-state index < -0.39 is 0 Å². The van der Waals surface area contributed by atoms with Crippen LogP contribution in [0.15, 0.2) is 0 Å². The first-order valence-corrected chi connectivity index (χ1v) is 6.66. The molecule has 2 aliphatic rings. The van der Waals surface area contributed by atoms with Crippen molar-refractivity contribution < 1.29 is 5.11 Å². The monoisotopic (exact) mass is 211 g/mol. The van der Waals surface area contributed by atoms with Gasteiger partial charge in [0.1, 0.15) is 0 Å². The van der Waals surface area contributed by atoms with Gasteiger partial charge >= 0.3 is 0 Å². The Kier molecular flexibility index (Phi) is 4.04. The minimum Gasteiger partial charge on any atom is -0.393 e. The van der Waals surface area contributed by atoms with Crippen LogP contribution in [0.1, 0.15) is 45.4 Å². The van der Waals surface area contributed by atoms with Crippen molar-refractivity contribution in [2.24, 2.45) is 11.8 Å². The molecule has 3 atom stereocenters. The number of hydrogen-bond acceptors (Lipinski definition) is 2. The third-order valence-corrected chi connectivity index (χ3v) is 4.12. The summed E-state index contributed by atoms with van der Waals surface area (Å²) in [6, 6.07) is 0. The maximum absolute atomic E-state index is 10.0. The van der Waals surface area contributed by atoms with E-state index in [-0.39, 0.29) is 6.10 Å². The Bertz CT molecular complexity index is 195. The van der Waals surface area contributed by atoms with Gasteiger partial charge < -0.3 is 10.0 Å². The van der Waals surface area contributed by atoms with Gasteiger partial charge in [0.2, 0.25) is 0 Å². The molecule has 0 aromatic heterocycles. The van der Waals surface area contributed by atoms with Crippen molar-refractivity contribution in [3.05, 3.63) is 0 Å². The molecule has 1 N–H and O–H groups in total. The molecule has 15 heavy (non-hydrogen) atoms. The van der Waals surface area contributed by atoms with Gasteiger partial charge in [0, 0.05) is 13.1 Å². The minimum atomic E-state index is -0.0246. The normalized spacial score (nSPS) is 39.2. The fourth-order valence-electron chi connectivity index (χ4n) is 3.10. The van der Waals surface area contributed by atoms with Gasteiger partial charge in [0.05, 0.1) is 6.10 Å². The first kappa shape index (κ1) is 11.4. The van der Waals surface area contributed by atoms with Crippen molar-refractivity contribution >= 4 is 0 Å². The lowest BCUT2D eigenvalue weighted by molar-refractivity contribution is 0.0784. The SMILES string of the molecule is CC1CCN(CC2CCCCCC2O)C1. The molecule has 1 heterocycles. The van der Waals surface area contributed by atoms with Crippen LogP contribution in [0, 0.1) is 11.8 Å². The van der Waals surface area contributed by atoms with Gasteiger partial charge in [0.25, 0.3) is 0 Å². The van der Waals surface area contributed by atoms with Crippen LogP contribution in [0.2, 0.25) is 0 Å². The summed E-state index contributed by atoms with van der Waals surface area (Å²) >= 11 is 0. The van der Waals surface area contributed by atoms with E-state index in [1.165, 1.54) is 45.2 Å². The number of aliphatic hydroxyl groups excluding tert-OH is 1. The zero-order chi connectivity index (χ0) is 10.7. The number of aliphatic hydroxyl groups is 1. The molecule has 0 spiro atoms. The van der Waals surface area contributed by atoms with Crippen LogP contribution in [0.4, 0.5) is 0 Å². The molecular formula is C13H25NO. The first-order chi connectivity index (χ1) is 7.25. The average molecular weight is 211 g/mol. The van der Waals surface area contributed by atoms with Gasteiger partial charge in [-0.15, -0.1) is 0 Å². The Labute approximate surface area is 93.7 Å². The van der Waals surface area contributed by atoms with E-state index in [0.717, 1.165) is 18.9 Å². The number of hydrogen-bond donors (Lipinski definition) is 1. The fraction of sp³-hybridized carbons (Fsp3) is 1.00. The zero-order valence-electron chi connectivity index (χ0n) is 9.99. The highest BCUT2D eigenvalue weighted by Crippen LogP contribution is 2.26. The molecule has 1 saturated carbocycles. The number of nitrogens with zero attached hydrogens (tertiary/aromatic N) is 1. The highest BCUT2D eigenvalue weighted by molar-refractivity contribution is 4.80. The second-order valence-corrected chi connectivity index (χ2v) is 5.62. The van der Waals surface area contributed by atoms with Gasteiger partial charge in [-0.3, -0.25) is 0 Å². The molecular weight excluding hydrogens is 186 g/mol. The molecule has 1 aliphatic heterocycles. The third-order valence-electron chi connectivity index (χ3n) is 4.12. The molecule has 0 amide bonds. The molecule has 2 rings (SSSR count). The highest BCUT2D eigenvalue weighted by atomic mass is 16.3. The molecule has 2 fully saturated rings. The second kappa shape index (κ2) is 5.31. The predicted molar refractivity (Wildman–Crippen MR) is 62.8 cm³/mol. The summed E-state index contributed by atoms with van der Waals surface area (Å²) in [6.45, 7) is 5.99. The van der Waals surface area contributed by atoms with Crippen LogP contribution in [0.3, 0.4) is 0 Å². The topological polar surface area (TPSA) is 23.5 Å². The Balaban J connectivity index is 1.81. The minimum absolute atomic E-state index is 0.0246. The van der Waals surface area contributed by atoms with Crippen LogP contribution in [0.25, 0.3) is 0 Å². The van der Waals surface area contributed by atoms with Crippen LogP contribution in [-0.2, 0) is 0 Å². The maximum atomic E-state index is 10.0. The lowest BCUT2D eigenvalue weighted by Crippen LogP contribution is -2.33. The lowest BCUT2D eigenvalue weighted by Gasteiger charge is -2.26. The van der Waals surface area contributed by atoms with Gasteiger partial charge in [-0.25, -0.2) is 0 Å². The third kappa shape index (κ3) is 3.18. The van der Waals surface area contributed by atoms with E-state index >= 15 is 0 Å². The van der Waals surface area contributed by atoms with E-state index in [1.807, 2.05) is 0 Å². The molecule has 0 aromatic carbocycles. The summed E-state index contributed by atoms with van der Waals surface area (Å²) in [6.07, 6.45) is 7.48. The van der Waals surface area contributed by atoms with E-state index in [9.17, 15) is 5.11 Å². The van der Waals surface area contributed by atoms with Crippen molar-refractivity contribution in [3.8, 4) is 0 Å². The summed E-state index contributed by atoms with van der Waals surface area (Å²) in [5, 5.41) is 10.0. The van der Waals surface area contributed by atoms with Crippen LogP contribution in [-0.4, -0.2) is 35.7 Å². The number of rotatable bonds is 2. The zero-order valence-corrected chi connectivity index (χ0v) is 9.99. The van der Waals surface area contributed by atoms with Crippen molar-refractivity contribution in [3.63, 3.8) is 0 Å². The Morgan fingerprint density at radius 3 is 2.67 bits per heavy atom. The van der Waals surface area contributed by atoms with Crippen molar-refractivity contribution in [1.29, 1.82) is 0 Å². The second-order valence-electron chi connectivity index (χ2n) is 5.62. The first-order valence-electron chi connectivity index (χ1n) is 6.66. The van der Waals surface area contributed by atoms with Crippen LogP contribution >= 0.6 is 0 Å². The van der Waals surface area contributed by atoms with Gasteiger partial charge in [-0.2, -0.15) is 0 Å². The molecule has 0 bridgehead atoms. The van der Waals surface area contributed by atoms with Gasteiger partial charge in [0.15, 0.2) is 0 Å². The van der Waals surface area contributed by atoms with E-state index in [0.29, 0.717) is 5.92 Å². The van der Waals surface area contributed by atoms with Crippen molar-refractivity contribution in [2.45, 2.75) is 51.6 Å².